The van der Waals surface area contributed by atoms with Gasteiger partial charge in [-0.1, -0.05) is 32.9 Å². The Morgan fingerprint density at radius 2 is 1.97 bits per heavy atom. The largest absolute Gasteiger partial charge is 0.439 e. The van der Waals surface area contributed by atoms with Crippen molar-refractivity contribution in [3.63, 3.8) is 0 Å². The van der Waals surface area contributed by atoms with Gasteiger partial charge in [-0.2, -0.15) is 0 Å². The lowest BCUT2D eigenvalue weighted by Gasteiger charge is -2.19. The topological polar surface area (TPSA) is 84.3 Å². The van der Waals surface area contributed by atoms with Crippen LogP contribution in [0.1, 0.15) is 42.4 Å². The van der Waals surface area contributed by atoms with Gasteiger partial charge in [-0.15, -0.1) is 11.3 Å². The van der Waals surface area contributed by atoms with E-state index in [4.69, 9.17) is 4.74 Å². The molecule has 0 aliphatic carbocycles. The fraction of sp³-hybridized carbons (Fsp3) is 0.208. The molecule has 0 unspecified atom stereocenters. The first kappa shape index (κ1) is 21.0. The number of rotatable bonds is 5. The molecule has 0 radical (unpaired) electrons. The lowest BCUT2D eigenvalue weighted by molar-refractivity contribution is 0.102. The number of aromatic nitrogens is 2. The Kier molecular flexibility index (Phi) is 5.71. The number of thiophene rings is 1. The Morgan fingerprint density at radius 1 is 1.13 bits per heavy atom. The number of amides is 1. The van der Waals surface area contributed by atoms with E-state index < -0.39 is 0 Å². The number of anilines is 1. The number of nitrogens with one attached hydrogen (secondary N) is 1. The molecule has 4 aromatic rings. The van der Waals surface area contributed by atoms with E-state index >= 15 is 0 Å². The van der Waals surface area contributed by atoms with Crippen molar-refractivity contribution in [2.45, 2.75) is 32.8 Å². The molecule has 0 aliphatic heterocycles. The summed E-state index contributed by atoms with van der Waals surface area (Å²) >= 11 is 1.48. The molecule has 0 saturated carbocycles. The van der Waals surface area contributed by atoms with E-state index in [1.807, 2.05) is 35.7 Å². The molecule has 6 nitrogen and oxygen atoms in total. The maximum atomic E-state index is 12.9. The minimum Gasteiger partial charge on any atom is -0.439 e. The molecule has 1 amide bonds. The van der Waals surface area contributed by atoms with Crippen molar-refractivity contribution in [3.05, 3.63) is 77.1 Å². The number of carbonyl (C=O) groups excluding carboxylic acids is 1. The minimum absolute atomic E-state index is 0.00777. The van der Waals surface area contributed by atoms with Crippen LogP contribution in [0.5, 0.6) is 11.6 Å². The highest BCUT2D eigenvalue weighted by atomic mass is 32.1. The first-order valence-electron chi connectivity index (χ1n) is 9.86. The van der Waals surface area contributed by atoms with Gasteiger partial charge in [-0.25, -0.2) is 9.97 Å². The highest BCUT2D eigenvalue weighted by molar-refractivity contribution is 7.17. The summed E-state index contributed by atoms with van der Waals surface area (Å²) in [6.07, 6.45) is 1.35. The van der Waals surface area contributed by atoms with Gasteiger partial charge >= 0.3 is 0 Å². The Labute approximate surface area is 184 Å². The SMILES string of the molecule is CC(C)(C)c1cccc(NC(=O)c2csc3cc(Oc4cc(CO)ncn4)ccc23)c1. The van der Waals surface area contributed by atoms with Gasteiger partial charge < -0.3 is 15.2 Å². The third-order valence-electron chi connectivity index (χ3n) is 4.86. The monoisotopic (exact) mass is 433 g/mol. The van der Waals surface area contributed by atoms with E-state index in [9.17, 15) is 9.90 Å². The highest BCUT2D eigenvalue weighted by Crippen LogP contribution is 2.32. The number of aliphatic hydroxyl groups is 1. The Morgan fingerprint density at radius 3 is 2.74 bits per heavy atom. The number of carbonyl (C=O) groups is 1. The van der Waals surface area contributed by atoms with Gasteiger partial charge in [0, 0.05) is 27.2 Å². The van der Waals surface area contributed by atoms with Crippen molar-refractivity contribution in [2.24, 2.45) is 0 Å². The third kappa shape index (κ3) is 4.73. The molecule has 0 spiro atoms. The molecule has 31 heavy (non-hydrogen) atoms. The van der Waals surface area contributed by atoms with E-state index in [0.717, 1.165) is 21.3 Å². The molecule has 0 aliphatic rings. The van der Waals surface area contributed by atoms with Gasteiger partial charge in [0.15, 0.2) is 0 Å². The average Bonchev–Trinajstić information content (AvgIpc) is 3.17. The van der Waals surface area contributed by atoms with Crippen LogP contribution in [0.4, 0.5) is 5.69 Å². The molecule has 2 aromatic carbocycles. The van der Waals surface area contributed by atoms with Crippen LogP contribution in [0.15, 0.2) is 60.2 Å². The summed E-state index contributed by atoms with van der Waals surface area (Å²) in [6.45, 7) is 6.25. The van der Waals surface area contributed by atoms with E-state index in [2.05, 4.69) is 42.1 Å². The number of hydrogen-bond acceptors (Lipinski definition) is 6. The van der Waals surface area contributed by atoms with Crippen LogP contribution in [0.3, 0.4) is 0 Å². The van der Waals surface area contributed by atoms with E-state index in [-0.39, 0.29) is 17.9 Å². The van der Waals surface area contributed by atoms with Crippen molar-refractivity contribution in [1.29, 1.82) is 0 Å². The predicted molar refractivity (Wildman–Crippen MR) is 123 cm³/mol. The standard InChI is InChI=1S/C24H23N3O3S/c1-24(2,3)15-5-4-6-16(9-15)27-23(29)20-13-31-21-11-18(7-8-19(20)21)30-22-10-17(12-28)25-14-26-22/h4-11,13-14,28H,12H2,1-3H3,(H,27,29). The first-order chi connectivity index (χ1) is 14.8. The second-order valence-corrected chi connectivity index (χ2v) is 9.11. The van der Waals surface area contributed by atoms with Gasteiger partial charge in [0.25, 0.3) is 5.91 Å². The average molecular weight is 434 g/mol. The normalized spacial score (nSPS) is 11.5. The van der Waals surface area contributed by atoms with Crippen LogP contribution in [-0.4, -0.2) is 21.0 Å². The number of hydrogen-bond donors (Lipinski definition) is 2. The van der Waals surface area contributed by atoms with Crippen molar-refractivity contribution < 1.29 is 14.6 Å². The second-order valence-electron chi connectivity index (χ2n) is 8.20. The van der Waals surface area contributed by atoms with E-state index in [1.54, 1.807) is 12.1 Å². The van der Waals surface area contributed by atoms with E-state index in [1.165, 1.54) is 17.7 Å². The quantitative estimate of drug-likeness (QED) is 0.433. The van der Waals surface area contributed by atoms with Crippen LogP contribution in [0.2, 0.25) is 0 Å². The number of benzene rings is 2. The summed E-state index contributed by atoms with van der Waals surface area (Å²) in [4.78, 5) is 20.9. The number of ether oxygens (including phenoxy) is 1. The van der Waals surface area contributed by atoms with Gasteiger partial charge in [-0.3, -0.25) is 4.79 Å². The lowest BCUT2D eigenvalue weighted by Crippen LogP contribution is -2.14. The molecule has 4 rings (SSSR count). The maximum absolute atomic E-state index is 12.9. The summed E-state index contributed by atoms with van der Waals surface area (Å²) < 4.78 is 6.72. The number of nitrogens with zero attached hydrogens (tertiary/aromatic N) is 2. The summed E-state index contributed by atoms with van der Waals surface area (Å²) in [5, 5.41) is 14.9. The summed E-state index contributed by atoms with van der Waals surface area (Å²) in [5.41, 5.74) is 3.05. The predicted octanol–water partition coefficient (Wildman–Crippen LogP) is 5.53. The van der Waals surface area contributed by atoms with Gasteiger partial charge in [0.05, 0.1) is 17.9 Å². The van der Waals surface area contributed by atoms with Crippen molar-refractivity contribution in [1.82, 2.24) is 9.97 Å². The molecule has 0 bridgehead atoms. The molecule has 2 N–H and O–H groups in total. The number of aliphatic hydroxyl groups excluding tert-OH is 1. The van der Waals surface area contributed by atoms with Crippen molar-refractivity contribution in [2.75, 3.05) is 5.32 Å². The smallest absolute Gasteiger partial charge is 0.257 e. The fourth-order valence-corrected chi connectivity index (χ4v) is 4.12. The zero-order valence-electron chi connectivity index (χ0n) is 17.5. The zero-order chi connectivity index (χ0) is 22.0. The number of fused-ring (bicyclic) bond motifs is 1. The Hall–Kier alpha value is -3.29. The van der Waals surface area contributed by atoms with Gasteiger partial charge in [0.1, 0.15) is 12.1 Å². The van der Waals surface area contributed by atoms with Crippen LogP contribution >= 0.6 is 11.3 Å². The summed E-state index contributed by atoms with van der Waals surface area (Å²) in [5.74, 6) is 0.808. The van der Waals surface area contributed by atoms with Crippen LogP contribution in [-0.2, 0) is 12.0 Å². The molecule has 2 heterocycles. The molecule has 7 heteroatoms. The highest BCUT2D eigenvalue weighted by Gasteiger charge is 2.16. The first-order valence-corrected chi connectivity index (χ1v) is 10.7. The molecule has 0 atom stereocenters. The summed E-state index contributed by atoms with van der Waals surface area (Å²) in [6, 6.07) is 15.1. The third-order valence-corrected chi connectivity index (χ3v) is 5.81. The fourth-order valence-electron chi connectivity index (χ4n) is 3.15. The maximum Gasteiger partial charge on any atom is 0.257 e. The van der Waals surface area contributed by atoms with E-state index in [0.29, 0.717) is 22.9 Å². The molecule has 0 fully saturated rings. The second kappa shape index (κ2) is 8.45. The van der Waals surface area contributed by atoms with Gasteiger partial charge in [0.2, 0.25) is 5.88 Å². The lowest BCUT2D eigenvalue weighted by atomic mass is 9.87. The molecule has 2 aromatic heterocycles. The van der Waals surface area contributed by atoms with Crippen molar-refractivity contribution in [3.8, 4) is 11.6 Å². The molecular formula is C24H23N3O3S. The van der Waals surface area contributed by atoms with Crippen molar-refractivity contribution >= 4 is 33.0 Å². The minimum atomic E-state index is -0.181. The molecule has 0 saturated heterocycles. The molecular weight excluding hydrogens is 410 g/mol. The van der Waals surface area contributed by atoms with Crippen LogP contribution in [0, 0.1) is 0 Å². The van der Waals surface area contributed by atoms with Crippen LogP contribution < -0.4 is 10.1 Å². The Balaban J connectivity index is 1.54. The summed E-state index contributed by atoms with van der Waals surface area (Å²) in [7, 11) is 0. The molecule has 158 valence electrons. The van der Waals surface area contributed by atoms with Gasteiger partial charge in [-0.05, 0) is 41.3 Å². The van der Waals surface area contributed by atoms with Crippen LogP contribution in [0.25, 0.3) is 10.1 Å². The Bertz CT molecular complexity index is 1240. The zero-order valence-corrected chi connectivity index (χ0v) is 18.4.